The first-order valence-corrected chi connectivity index (χ1v) is 6.02. The molecule has 19 heavy (non-hydrogen) atoms. The van der Waals surface area contributed by atoms with Gasteiger partial charge in [-0.25, -0.2) is 4.79 Å². The SMILES string of the molecule is Cc1ccc(/C(N)=N/OC(=O)OCC(C)(C)C)cc1. The van der Waals surface area contributed by atoms with Crippen LogP contribution in [0.5, 0.6) is 0 Å². The van der Waals surface area contributed by atoms with Crippen LogP contribution in [0.1, 0.15) is 31.9 Å². The average molecular weight is 264 g/mol. The van der Waals surface area contributed by atoms with Crippen molar-refractivity contribution in [1.82, 2.24) is 0 Å². The van der Waals surface area contributed by atoms with Gasteiger partial charge in [0.2, 0.25) is 0 Å². The zero-order valence-electron chi connectivity index (χ0n) is 11.8. The van der Waals surface area contributed by atoms with Gasteiger partial charge in [0.25, 0.3) is 0 Å². The molecule has 0 radical (unpaired) electrons. The number of carbonyl (C=O) groups is 1. The number of oxime groups is 1. The lowest BCUT2D eigenvalue weighted by atomic mass is 9.99. The molecule has 1 aromatic rings. The molecule has 0 saturated carbocycles. The van der Waals surface area contributed by atoms with Crippen LogP contribution in [0.25, 0.3) is 0 Å². The number of amidine groups is 1. The third-order valence-corrected chi connectivity index (χ3v) is 2.19. The van der Waals surface area contributed by atoms with Gasteiger partial charge in [-0.05, 0) is 12.3 Å². The van der Waals surface area contributed by atoms with Crippen molar-refractivity contribution < 1.29 is 14.4 Å². The lowest BCUT2D eigenvalue weighted by Gasteiger charge is -2.16. The lowest BCUT2D eigenvalue weighted by molar-refractivity contribution is 0.0348. The number of nitrogens with zero attached hydrogens (tertiary/aromatic N) is 1. The highest BCUT2D eigenvalue weighted by Crippen LogP contribution is 2.13. The van der Waals surface area contributed by atoms with E-state index in [0.29, 0.717) is 5.56 Å². The van der Waals surface area contributed by atoms with E-state index in [4.69, 9.17) is 10.5 Å². The Morgan fingerprint density at radius 1 is 1.26 bits per heavy atom. The van der Waals surface area contributed by atoms with Gasteiger partial charge in [0.15, 0.2) is 5.84 Å². The summed E-state index contributed by atoms with van der Waals surface area (Å²) in [5.74, 6) is 0.132. The molecule has 0 aliphatic rings. The van der Waals surface area contributed by atoms with Crippen LogP contribution in [0.2, 0.25) is 0 Å². The highest BCUT2D eigenvalue weighted by Gasteiger charge is 2.14. The van der Waals surface area contributed by atoms with Gasteiger partial charge in [-0.15, -0.1) is 0 Å². The van der Waals surface area contributed by atoms with Crippen molar-refractivity contribution in [3.63, 3.8) is 0 Å². The van der Waals surface area contributed by atoms with Gasteiger partial charge in [0.1, 0.15) is 0 Å². The summed E-state index contributed by atoms with van der Waals surface area (Å²) in [6, 6.07) is 7.40. The summed E-state index contributed by atoms with van der Waals surface area (Å²) < 4.78 is 4.89. The van der Waals surface area contributed by atoms with Crippen molar-refractivity contribution in [2.75, 3.05) is 6.61 Å². The van der Waals surface area contributed by atoms with E-state index in [1.54, 1.807) is 12.1 Å². The number of carbonyl (C=O) groups excluding carboxylic acids is 1. The van der Waals surface area contributed by atoms with Gasteiger partial charge in [-0.1, -0.05) is 55.8 Å². The lowest BCUT2D eigenvalue weighted by Crippen LogP contribution is -2.19. The predicted molar refractivity (Wildman–Crippen MR) is 73.8 cm³/mol. The van der Waals surface area contributed by atoms with Crippen LogP contribution in [-0.4, -0.2) is 18.6 Å². The standard InChI is InChI=1S/C14H20N2O3/c1-10-5-7-11(8-6-10)12(15)16-19-13(17)18-9-14(2,3)4/h5-8H,9H2,1-4H3,(H2,15,16). The first-order valence-electron chi connectivity index (χ1n) is 6.02. The molecule has 0 atom stereocenters. The zero-order chi connectivity index (χ0) is 14.5. The van der Waals surface area contributed by atoms with Gasteiger partial charge >= 0.3 is 6.16 Å². The second-order valence-corrected chi connectivity index (χ2v) is 5.53. The number of nitrogens with two attached hydrogens (primary N) is 1. The smallest absolute Gasteiger partial charge is 0.432 e. The molecule has 0 bridgehead atoms. The molecule has 0 heterocycles. The number of benzene rings is 1. The Morgan fingerprint density at radius 2 is 1.84 bits per heavy atom. The summed E-state index contributed by atoms with van der Waals surface area (Å²) in [6.45, 7) is 8.07. The van der Waals surface area contributed by atoms with E-state index in [2.05, 4.69) is 9.99 Å². The van der Waals surface area contributed by atoms with Crippen LogP contribution in [-0.2, 0) is 9.57 Å². The van der Waals surface area contributed by atoms with E-state index in [0.717, 1.165) is 5.56 Å². The molecule has 0 unspecified atom stereocenters. The van der Waals surface area contributed by atoms with Crippen molar-refractivity contribution in [1.29, 1.82) is 0 Å². The van der Waals surface area contributed by atoms with Crippen molar-refractivity contribution in [2.24, 2.45) is 16.3 Å². The monoisotopic (exact) mass is 264 g/mol. The van der Waals surface area contributed by atoms with Crippen LogP contribution < -0.4 is 5.73 Å². The number of rotatable bonds is 3. The maximum atomic E-state index is 11.3. The fourth-order valence-electron chi connectivity index (χ4n) is 1.17. The molecule has 0 aliphatic carbocycles. The molecule has 0 amide bonds. The molecule has 0 aromatic heterocycles. The fraction of sp³-hybridized carbons (Fsp3) is 0.429. The van der Waals surface area contributed by atoms with Crippen LogP contribution in [0.4, 0.5) is 4.79 Å². The summed E-state index contributed by atoms with van der Waals surface area (Å²) in [7, 11) is 0. The summed E-state index contributed by atoms with van der Waals surface area (Å²) in [6.07, 6.45) is -0.856. The van der Waals surface area contributed by atoms with E-state index >= 15 is 0 Å². The molecule has 5 heteroatoms. The second-order valence-electron chi connectivity index (χ2n) is 5.53. The number of ether oxygens (including phenoxy) is 1. The molecule has 104 valence electrons. The highest BCUT2D eigenvalue weighted by atomic mass is 16.8. The minimum absolute atomic E-state index is 0.120. The third-order valence-electron chi connectivity index (χ3n) is 2.19. The van der Waals surface area contributed by atoms with Crippen molar-refractivity contribution >= 4 is 12.0 Å². The van der Waals surface area contributed by atoms with Gasteiger partial charge in [-0.3, -0.25) is 4.84 Å². The summed E-state index contributed by atoms with van der Waals surface area (Å²) in [4.78, 5) is 15.9. The van der Waals surface area contributed by atoms with E-state index < -0.39 is 6.16 Å². The van der Waals surface area contributed by atoms with Crippen LogP contribution in [0, 0.1) is 12.3 Å². The zero-order valence-corrected chi connectivity index (χ0v) is 11.8. The Hall–Kier alpha value is -2.04. The molecule has 1 rings (SSSR count). The molecule has 0 spiro atoms. The van der Waals surface area contributed by atoms with E-state index in [-0.39, 0.29) is 17.9 Å². The Labute approximate surface area is 113 Å². The van der Waals surface area contributed by atoms with Gasteiger partial charge in [-0.2, -0.15) is 0 Å². The first-order chi connectivity index (χ1) is 8.78. The molecular weight excluding hydrogens is 244 g/mol. The molecule has 1 aromatic carbocycles. The van der Waals surface area contributed by atoms with E-state index in [9.17, 15) is 4.79 Å². The number of hydrogen-bond acceptors (Lipinski definition) is 4. The minimum atomic E-state index is -0.856. The average Bonchev–Trinajstić information content (AvgIpc) is 2.33. The van der Waals surface area contributed by atoms with E-state index in [1.807, 2.05) is 39.8 Å². The van der Waals surface area contributed by atoms with Crippen molar-refractivity contribution in [2.45, 2.75) is 27.7 Å². The highest BCUT2D eigenvalue weighted by molar-refractivity contribution is 5.97. The normalized spacial score (nSPS) is 12.1. The maximum absolute atomic E-state index is 11.3. The molecule has 0 aliphatic heterocycles. The Bertz CT molecular complexity index is 459. The Kier molecular flexibility index (Phi) is 4.92. The van der Waals surface area contributed by atoms with Crippen molar-refractivity contribution in [3.05, 3.63) is 35.4 Å². The number of hydrogen-bond donors (Lipinski definition) is 1. The Morgan fingerprint density at radius 3 is 2.37 bits per heavy atom. The summed E-state index contributed by atoms with van der Waals surface area (Å²) in [5, 5.41) is 3.54. The molecule has 5 nitrogen and oxygen atoms in total. The van der Waals surface area contributed by atoms with Crippen LogP contribution in [0.3, 0.4) is 0 Å². The minimum Gasteiger partial charge on any atom is -0.432 e. The molecule has 2 N–H and O–H groups in total. The van der Waals surface area contributed by atoms with Gasteiger partial charge in [0.05, 0.1) is 6.61 Å². The fourth-order valence-corrected chi connectivity index (χ4v) is 1.17. The molecular formula is C14H20N2O3. The quantitative estimate of drug-likeness (QED) is 0.299. The molecule has 0 fully saturated rings. The maximum Gasteiger partial charge on any atom is 0.535 e. The molecule has 0 saturated heterocycles. The Balaban J connectivity index is 2.52. The predicted octanol–water partition coefficient (Wildman–Crippen LogP) is 2.81. The van der Waals surface area contributed by atoms with Gasteiger partial charge in [0, 0.05) is 5.56 Å². The first kappa shape index (κ1) is 15.0. The van der Waals surface area contributed by atoms with Crippen molar-refractivity contribution in [3.8, 4) is 0 Å². The van der Waals surface area contributed by atoms with E-state index in [1.165, 1.54) is 0 Å². The van der Waals surface area contributed by atoms with Crippen LogP contribution in [0.15, 0.2) is 29.4 Å². The summed E-state index contributed by atoms with van der Waals surface area (Å²) >= 11 is 0. The van der Waals surface area contributed by atoms with Gasteiger partial charge < -0.3 is 10.5 Å². The second kappa shape index (κ2) is 6.22. The number of aryl methyl sites for hydroxylation is 1. The topological polar surface area (TPSA) is 73.9 Å². The summed E-state index contributed by atoms with van der Waals surface area (Å²) in [5.41, 5.74) is 7.37. The largest absolute Gasteiger partial charge is 0.535 e. The third kappa shape index (κ3) is 5.90. The van der Waals surface area contributed by atoms with Crippen LogP contribution >= 0.6 is 0 Å².